The molecule has 2 aliphatic heterocycles. The highest BCUT2D eigenvalue weighted by Gasteiger charge is 2.47. The second kappa shape index (κ2) is 5.63. The standard InChI is InChI=1S/C16H18N4O2/c1-18-14-13(15(21)19(2)16(18)22)20(11-17-14)10-6-9-12-7-4-3-5-8-12/h3-9,11,13-14H,10H2,1-2H3/b9-6+. The normalized spacial score (nSPS) is 24.5. The highest BCUT2D eigenvalue weighted by molar-refractivity contribution is 6.01. The summed E-state index contributed by atoms with van der Waals surface area (Å²) < 4.78 is 0. The van der Waals surface area contributed by atoms with Crippen molar-refractivity contribution in [2.75, 3.05) is 20.6 Å². The number of benzene rings is 1. The van der Waals surface area contributed by atoms with Crippen molar-refractivity contribution in [1.82, 2.24) is 14.7 Å². The Morgan fingerprint density at radius 2 is 1.91 bits per heavy atom. The molecule has 0 saturated carbocycles. The second-order valence-corrected chi connectivity index (χ2v) is 5.42. The predicted octanol–water partition coefficient (Wildman–Crippen LogP) is 1.26. The number of carbonyl (C=O) groups is 2. The van der Waals surface area contributed by atoms with Crippen LogP contribution in [-0.2, 0) is 4.79 Å². The molecule has 0 aliphatic carbocycles. The van der Waals surface area contributed by atoms with Crippen LogP contribution >= 0.6 is 0 Å². The summed E-state index contributed by atoms with van der Waals surface area (Å²) in [4.78, 5) is 33.1. The van der Waals surface area contributed by atoms with Crippen LogP contribution in [0.3, 0.4) is 0 Å². The van der Waals surface area contributed by atoms with Crippen molar-refractivity contribution in [2.45, 2.75) is 12.2 Å². The van der Waals surface area contributed by atoms with Gasteiger partial charge in [-0.3, -0.25) is 9.69 Å². The van der Waals surface area contributed by atoms with Gasteiger partial charge in [-0.05, 0) is 5.56 Å². The van der Waals surface area contributed by atoms with Crippen molar-refractivity contribution in [2.24, 2.45) is 4.99 Å². The molecule has 0 aromatic heterocycles. The Balaban J connectivity index is 1.71. The molecule has 2 unspecified atom stereocenters. The molecule has 2 heterocycles. The van der Waals surface area contributed by atoms with Crippen LogP contribution in [0.25, 0.3) is 6.08 Å². The molecule has 2 atom stereocenters. The van der Waals surface area contributed by atoms with E-state index in [9.17, 15) is 9.59 Å². The van der Waals surface area contributed by atoms with Crippen LogP contribution in [-0.4, -0.2) is 65.8 Å². The first-order valence-corrected chi connectivity index (χ1v) is 7.14. The Labute approximate surface area is 129 Å². The van der Waals surface area contributed by atoms with Gasteiger partial charge < -0.3 is 9.80 Å². The van der Waals surface area contributed by atoms with E-state index in [2.05, 4.69) is 4.99 Å². The SMILES string of the molecule is CN1C(=O)C2C(N=CN2C/C=C/c2ccccc2)N(C)C1=O. The Kier molecular flexibility index (Phi) is 3.66. The molecule has 0 bridgehead atoms. The average molecular weight is 298 g/mol. The monoisotopic (exact) mass is 298 g/mol. The van der Waals surface area contributed by atoms with E-state index in [0.717, 1.165) is 10.5 Å². The number of likely N-dealkylation sites (N-methyl/N-ethyl adjacent to an activating group) is 2. The highest BCUT2D eigenvalue weighted by atomic mass is 16.2. The van der Waals surface area contributed by atoms with Gasteiger partial charge in [0.2, 0.25) is 0 Å². The van der Waals surface area contributed by atoms with Crippen molar-refractivity contribution in [1.29, 1.82) is 0 Å². The number of hydrogen-bond acceptors (Lipinski definition) is 4. The summed E-state index contributed by atoms with van der Waals surface area (Å²) in [7, 11) is 3.18. The Hall–Kier alpha value is -2.63. The number of hydrogen-bond donors (Lipinski definition) is 0. The summed E-state index contributed by atoms with van der Waals surface area (Å²) in [6, 6.07) is 9.21. The first-order valence-electron chi connectivity index (χ1n) is 7.14. The third kappa shape index (κ3) is 2.36. The van der Waals surface area contributed by atoms with Gasteiger partial charge in [-0.25, -0.2) is 9.79 Å². The second-order valence-electron chi connectivity index (χ2n) is 5.42. The van der Waals surface area contributed by atoms with Crippen molar-refractivity contribution >= 4 is 24.4 Å². The van der Waals surface area contributed by atoms with E-state index in [1.54, 1.807) is 13.4 Å². The van der Waals surface area contributed by atoms with Crippen molar-refractivity contribution in [3.8, 4) is 0 Å². The number of amides is 3. The van der Waals surface area contributed by atoms with E-state index < -0.39 is 12.2 Å². The summed E-state index contributed by atoms with van der Waals surface area (Å²) in [5.41, 5.74) is 1.11. The van der Waals surface area contributed by atoms with Crippen LogP contribution < -0.4 is 0 Å². The molecule has 3 rings (SSSR count). The number of imide groups is 1. The number of carbonyl (C=O) groups excluding carboxylic acids is 2. The lowest BCUT2D eigenvalue weighted by molar-refractivity contribution is -0.135. The van der Waals surface area contributed by atoms with E-state index in [1.807, 2.05) is 47.4 Å². The smallest absolute Gasteiger partial charge is 0.328 e. The zero-order valence-corrected chi connectivity index (χ0v) is 12.6. The topological polar surface area (TPSA) is 56.2 Å². The van der Waals surface area contributed by atoms with Gasteiger partial charge in [-0.2, -0.15) is 0 Å². The van der Waals surface area contributed by atoms with Gasteiger partial charge in [0.25, 0.3) is 5.91 Å². The van der Waals surface area contributed by atoms with Gasteiger partial charge in [0.1, 0.15) is 0 Å². The third-order valence-corrected chi connectivity index (χ3v) is 4.00. The van der Waals surface area contributed by atoms with Crippen LogP contribution in [0.4, 0.5) is 4.79 Å². The fourth-order valence-electron chi connectivity index (χ4n) is 2.74. The highest BCUT2D eigenvalue weighted by Crippen LogP contribution is 2.24. The molecule has 1 saturated heterocycles. The van der Waals surface area contributed by atoms with Crippen LogP contribution in [0.5, 0.6) is 0 Å². The van der Waals surface area contributed by atoms with Gasteiger partial charge in [-0.15, -0.1) is 0 Å². The van der Waals surface area contributed by atoms with E-state index in [0.29, 0.717) is 6.54 Å². The van der Waals surface area contributed by atoms with Crippen molar-refractivity contribution in [3.63, 3.8) is 0 Å². The molecule has 3 amide bonds. The summed E-state index contributed by atoms with van der Waals surface area (Å²) >= 11 is 0. The zero-order chi connectivity index (χ0) is 15.7. The van der Waals surface area contributed by atoms with E-state index >= 15 is 0 Å². The largest absolute Gasteiger partial charge is 0.344 e. The molecule has 0 spiro atoms. The van der Waals surface area contributed by atoms with Crippen molar-refractivity contribution < 1.29 is 9.59 Å². The van der Waals surface area contributed by atoms with Gasteiger partial charge >= 0.3 is 6.03 Å². The van der Waals surface area contributed by atoms with E-state index in [-0.39, 0.29) is 11.9 Å². The van der Waals surface area contributed by atoms with Crippen LogP contribution in [0.15, 0.2) is 41.4 Å². The number of nitrogens with zero attached hydrogens (tertiary/aromatic N) is 4. The molecule has 1 fully saturated rings. The molecule has 114 valence electrons. The van der Waals surface area contributed by atoms with E-state index in [1.165, 1.54) is 11.9 Å². The van der Waals surface area contributed by atoms with Gasteiger partial charge in [-0.1, -0.05) is 42.5 Å². The molecule has 6 nitrogen and oxygen atoms in total. The maximum atomic E-state index is 12.3. The van der Waals surface area contributed by atoms with Gasteiger partial charge in [0.15, 0.2) is 12.2 Å². The Morgan fingerprint density at radius 3 is 2.64 bits per heavy atom. The maximum absolute atomic E-state index is 12.3. The van der Waals surface area contributed by atoms with Crippen LogP contribution in [0.2, 0.25) is 0 Å². The van der Waals surface area contributed by atoms with Crippen LogP contribution in [0, 0.1) is 0 Å². The van der Waals surface area contributed by atoms with Gasteiger partial charge in [0.05, 0.1) is 6.34 Å². The van der Waals surface area contributed by atoms with Crippen LogP contribution in [0.1, 0.15) is 5.56 Å². The number of urea groups is 1. The molecular formula is C16H18N4O2. The molecule has 0 radical (unpaired) electrons. The third-order valence-electron chi connectivity index (χ3n) is 4.00. The minimum absolute atomic E-state index is 0.210. The molecule has 0 N–H and O–H groups in total. The molecule has 2 aliphatic rings. The minimum Gasteiger partial charge on any atom is -0.344 e. The van der Waals surface area contributed by atoms with Crippen molar-refractivity contribution in [3.05, 3.63) is 42.0 Å². The molecule has 1 aromatic rings. The lowest BCUT2D eigenvalue weighted by atomic mass is 10.1. The maximum Gasteiger partial charge on any atom is 0.328 e. The van der Waals surface area contributed by atoms with E-state index in [4.69, 9.17) is 0 Å². The fraction of sp³-hybridized carbons (Fsp3) is 0.312. The fourth-order valence-corrected chi connectivity index (χ4v) is 2.74. The molecule has 22 heavy (non-hydrogen) atoms. The lowest BCUT2D eigenvalue weighted by Crippen LogP contribution is -2.63. The van der Waals surface area contributed by atoms with Gasteiger partial charge in [0, 0.05) is 20.6 Å². The molecule has 1 aromatic carbocycles. The predicted molar refractivity (Wildman–Crippen MR) is 84.2 cm³/mol. The zero-order valence-electron chi connectivity index (χ0n) is 12.6. The number of fused-ring (bicyclic) bond motifs is 1. The summed E-state index contributed by atoms with van der Waals surface area (Å²) in [5, 5.41) is 0. The summed E-state index contributed by atoms with van der Waals surface area (Å²) in [6.45, 7) is 0.571. The minimum atomic E-state index is -0.437. The Morgan fingerprint density at radius 1 is 1.18 bits per heavy atom. The first kappa shape index (κ1) is 14.3. The molecular weight excluding hydrogens is 280 g/mol. The summed E-state index contributed by atoms with van der Waals surface area (Å²) in [6.07, 6.45) is 5.23. The number of rotatable bonds is 3. The Bertz CT molecular complexity index is 641. The quantitative estimate of drug-likeness (QED) is 0.844. The average Bonchev–Trinajstić information content (AvgIpc) is 2.96. The molecule has 6 heteroatoms. The lowest BCUT2D eigenvalue weighted by Gasteiger charge is -2.39. The number of aliphatic imine (C=N–C) groups is 1. The summed E-state index contributed by atoms with van der Waals surface area (Å²) in [5.74, 6) is -0.210. The first-order chi connectivity index (χ1) is 10.6.